The van der Waals surface area contributed by atoms with Gasteiger partial charge in [0.25, 0.3) is 0 Å². The molecule has 4 rings (SSSR count). The lowest BCUT2D eigenvalue weighted by atomic mass is 10.1. The standard InChI is InChI=1S/C30H36ClFN4O2.2ClH/c1-4-34(21-26-27(31)8-5-9-28(26)32)19-23-10-12-24(13-11-23)20-35-15-17-36(18-16-35)29-25(7-6-14-33-29)30(37)38-22(2)3;;/h5-14,22H,4,15-21H2,1-3H3;2*1H. The first-order valence-corrected chi connectivity index (χ1v) is 13.6. The molecule has 40 heavy (non-hydrogen) atoms. The summed E-state index contributed by atoms with van der Waals surface area (Å²) in [6, 6.07) is 17.0. The third kappa shape index (κ3) is 9.05. The highest BCUT2D eigenvalue weighted by Gasteiger charge is 2.24. The van der Waals surface area contributed by atoms with E-state index in [0.29, 0.717) is 28.5 Å². The number of hydrogen-bond donors (Lipinski definition) is 0. The van der Waals surface area contributed by atoms with Gasteiger partial charge >= 0.3 is 5.97 Å². The van der Waals surface area contributed by atoms with E-state index in [2.05, 4.69) is 50.9 Å². The number of ether oxygens (including phenoxy) is 1. The van der Waals surface area contributed by atoms with Crippen LogP contribution in [0.3, 0.4) is 0 Å². The average Bonchev–Trinajstić information content (AvgIpc) is 2.91. The quantitative estimate of drug-likeness (QED) is 0.240. The van der Waals surface area contributed by atoms with Crippen LogP contribution in [-0.2, 0) is 24.4 Å². The molecule has 1 saturated heterocycles. The number of hydrogen-bond acceptors (Lipinski definition) is 6. The topological polar surface area (TPSA) is 48.9 Å². The number of carbonyl (C=O) groups is 1. The summed E-state index contributed by atoms with van der Waals surface area (Å²) in [5, 5.41) is 0.466. The van der Waals surface area contributed by atoms with Crippen molar-refractivity contribution in [3.63, 3.8) is 0 Å². The van der Waals surface area contributed by atoms with Gasteiger partial charge in [0.05, 0.1) is 6.10 Å². The summed E-state index contributed by atoms with van der Waals surface area (Å²) >= 11 is 6.23. The number of anilines is 1. The number of nitrogens with zero attached hydrogens (tertiary/aromatic N) is 4. The van der Waals surface area contributed by atoms with Gasteiger partial charge in [-0.1, -0.05) is 48.9 Å². The summed E-state index contributed by atoms with van der Waals surface area (Å²) in [6.07, 6.45) is 1.55. The van der Waals surface area contributed by atoms with Gasteiger partial charge in [0.2, 0.25) is 0 Å². The second-order valence-electron chi connectivity index (χ2n) is 9.91. The minimum absolute atomic E-state index is 0. The molecule has 0 aliphatic carbocycles. The van der Waals surface area contributed by atoms with Crippen molar-refractivity contribution in [2.45, 2.75) is 46.5 Å². The first kappa shape index (κ1) is 33.8. The molecule has 10 heteroatoms. The highest BCUT2D eigenvalue weighted by molar-refractivity contribution is 6.31. The maximum Gasteiger partial charge on any atom is 0.342 e. The van der Waals surface area contributed by atoms with E-state index in [1.807, 2.05) is 13.8 Å². The number of halogens is 4. The zero-order valence-corrected chi connectivity index (χ0v) is 25.6. The number of esters is 1. The molecule has 218 valence electrons. The van der Waals surface area contributed by atoms with Gasteiger partial charge in [0, 0.05) is 62.6 Å². The zero-order chi connectivity index (χ0) is 27.1. The van der Waals surface area contributed by atoms with Crippen LogP contribution in [0.2, 0.25) is 5.02 Å². The molecule has 0 unspecified atom stereocenters. The Kier molecular flexibility index (Phi) is 13.6. The summed E-state index contributed by atoms with van der Waals surface area (Å²) in [7, 11) is 0. The van der Waals surface area contributed by atoms with Gasteiger partial charge in [-0.05, 0) is 55.8 Å². The molecule has 1 aliphatic heterocycles. The van der Waals surface area contributed by atoms with Crippen LogP contribution >= 0.6 is 36.4 Å². The van der Waals surface area contributed by atoms with Gasteiger partial charge < -0.3 is 9.64 Å². The first-order valence-electron chi connectivity index (χ1n) is 13.2. The maximum atomic E-state index is 14.2. The predicted molar refractivity (Wildman–Crippen MR) is 164 cm³/mol. The van der Waals surface area contributed by atoms with Crippen molar-refractivity contribution in [2.24, 2.45) is 0 Å². The molecule has 6 nitrogen and oxygen atoms in total. The van der Waals surface area contributed by atoms with Crippen molar-refractivity contribution in [1.29, 1.82) is 0 Å². The molecule has 2 heterocycles. The molecular weight excluding hydrogens is 574 g/mol. The Bertz CT molecular complexity index is 1200. The van der Waals surface area contributed by atoms with Crippen LogP contribution in [0.5, 0.6) is 0 Å². The normalized spacial score (nSPS) is 13.6. The smallest absolute Gasteiger partial charge is 0.342 e. The van der Waals surface area contributed by atoms with Crippen molar-refractivity contribution >= 4 is 48.2 Å². The summed E-state index contributed by atoms with van der Waals surface area (Å²) < 4.78 is 19.6. The highest BCUT2D eigenvalue weighted by Crippen LogP contribution is 2.23. The van der Waals surface area contributed by atoms with Crippen molar-refractivity contribution in [1.82, 2.24) is 14.8 Å². The van der Waals surface area contributed by atoms with E-state index in [1.165, 1.54) is 17.2 Å². The van der Waals surface area contributed by atoms with E-state index in [1.54, 1.807) is 30.5 Å². The van der Waals surface area contributed by atoms with Crippen LogP contribution in [0.25, 0.3) is 0 Å². The van der Waals surface area contributed by atoms with Crippen molar-refractivity contribution < 1.29 is 13.9 Å². The van der Waals surface area contributed by atoms with Gasteiger partial charge in [0.1, 0.15) is 17.2 Å². The van der Waals surface area contributed by atoms with Crippen LogP contribution in [0.1, 0.15) is 47.8 Å². The minimum Gasteiger partial charge on any atom is -0.459 e. The second-order valence-corrected chi connectivity index (χ2v) is 10.3. The van der Waals surface area contributed by atoms with Gasteiger partial charge in [-0.15, -0.1) is 24.8 Å². The van der Waals surface area contributed by atoms with Crippen molar-refractivity contribution in [3.05, 3.63) is 93.9 Å². The van der Waals surface area contributed by atoms with Gasteiger partial charge in [-0.25, -0.2) is 14.2 Å². The van der Waals surface area contributed by atoms with E-state index in [9.17, 15) is 9.18 Å². The van der Waals surface area contributed by atoms with Crippen molar-refractivity contribution in [3.8, 4) is 0 Å². The van der Waals surface area contributed by atoms with Crippen LogP contribution in [0.4, 0.5) is 10.2 Å². The molecule has 0 saturated carbocycles. The highest BCUT2D eigenvalue weighted by atomic mass is 35.5. The monoisotopic (exact) mass is 610 g/mol. The van der Waals surface area contributed by atoms with Crippen LogP contribution in [0.15, 0.2) is 60.8 Å². The molecule has 0 radical (unpaired) electrons. The molecule has 1 fully saturated rings. The predicted octanol–water partition coefficient (Wildman–Crippen LogP) is 6.63. The molecule has 0 amide bonds. The maximum absolute atomic E-state index is 14.2. The largest absolute Gasteiger partial charge is 0.459 e. The van der Waals surface area contributed by atoms with E-state index in [-0.39, 0.29) is 42.7 Å². The molecule has 0 atom stereocenters. The Balaban J connectivity index is 0.00000280. The fourth-order valence-electron chi connectivity index (χ4n) is 4.66. The lowest BCUT2D eigenvalue weighted by molar-refractivity contribution is 0.0378. The Morgan fingerprint density at radius 2 is 1.68 bits per heavy atom. The molecule has 0 bridgehead atoms. The summed E-state index contributed by atoms with van der Waals surface area (Å²) in [6.45, 7) is 12.0. The zero-order valence-electron chi connectivity index (χ0n) is 23.2. The lowest BCUT2D eigenvalue weighted by Crippen LogP contribution is -2.46. The molecule has 0 spiro atoms. The molecule has 3 aromatic rings. The van der Waals surface area contributed by atoms with Crippen LogP contribution in [0, 0.1) is 5.82 Å². The molecule has 0 N–H and O–H groups in total. The SMILES string of the molecule is CCN(Cc1ccc(CN2CCN(c3ncccc3C(=O)OC(C)C)CC2)cc1)Cc1c(F)cccc1Cl.Cl.Cl. The van der Waals surface area contributed by atoms with Crippen molar-refractivity contribution in [2.75, 3.05) is 37.6 Å². The van der Waals surface area contributed by atoms with Crippen LogP contribution in [-0.4, -0.2) is 59.6 Å². The lowest BCUT2D eigenvalue weighted by Gasteiger charge is -2.36. The van der Waals surface area contributed by atoms with E-state index < -0.39 is 0 Å². The number of rotatable bonds is 10. The van der Waals surface area contributed by atoms with E-state index >= 15 is 0 Å². The first-order chi connectivity index (χ1) is 18.3. The Morgan fingerprint density at radius 3 is 2.30 bits per heavy atom. The molecule has 1 aliphatic rings. The Labute approximate surface area is 254 Å². The van der Waals surface area contributed by atoms with Gasteiger partial charge in [0.15, 0.2) is 0 Å². The number of carbonyl (C=O) groups excluding carboxylic acids is 1. The Hall–Kier alpha value is -2.42. The average molecular weight is 612 g/mol. The summed E-state index contributed by atoms with van der Waals surface area (Å²) in [5.41, 5.74) is 3.50. The third-order valence-electron chi connectivity index (χ3n) is 6.75. The van der Waals surface area contributed by atoms with Gasteiger partial charge in [-0.2, -0.15) is 0 Å². The number of benzene rings is 2. The third-order valence-corrected chi connectivity index (χ3v) is 7.10. The summed E-state index contributed by atoms with van der Waals surface area (Å²) in [4.78, 5) is 23.8. The number of aromatic nitrogens is 1. The van der Waals surface area contributed by atoms with Crippen LogP contribution < -0.4 is 4.90 Å². The molecular formula is C30H38Cl3FN4O2. The van der Waals surface area contributed by atoms with E-state index in [4.69, 9.17) is 16.3 Å². The number of piperazine rings is 1. The summed E-state index contributed by atoms with van der Waals surface area (Å²) in [5.74, 6) is 0.102. The minimum atomic E-state index is -0.329. The molecule has 2 aromatic carbocycles. The fraction of sp³-hybridized carbons (Fsp3) is 0.400. The molecule has 1 aromatic heterocycles. The number of pyridine rings is 1. The Morgan fingerprint density at radius 1 is 1.00 bits per heavy atom. The van der Waals surface area contributed by atoms with Gasteiger partial charge in [-0.3, -0.25) is 9.80 Å². The second kappa shape index (κ2) is 16.1. The van der Waals surface area contributed by atoms with E-state index in [0.717, 1.165) is 45.8 Å². The fourth-order valence-corrected chi connectivity index (χ4v) is 4.88.